The lowest BCUT2D eigenvalue weighted by Gasteiger charge is -2.20. The molecular weight excluding hydrogens is 330 g/mol. The minimum atomic E-state index is -3.89. The van der Waals surface area contributed by atoms with E-state index in [9.17, 15) is 13.2 Å². The number of hydrogen-bond donors (Lipinski definition) is 2. The summed E-state index contributed by atoms with van der Waals surface area (Å²) in [4.78, 5) is 13.5. The minimum absolute atomic E-state index is 0. The Morgan fingerprint density at radius 3 is 2.36 bits per heavy atom. The molecule has 0 aliphatic rings. The molecule has 128 valence electrons. The van der Waals surface area contributed by atoms with E-state index < -0.39 is 15.9 Å². The second-order valence-corrected chi connectivity index (χ2v) is 7.03. The van der Waals surface area contributed by atoms with Crippen molar-refractivity contribution in [1.82, 2.24) is 4.90 Å². The Labute approximate surface area is 137 Å². The first kappa shape index (κ1) is 20.9. The molecule has 9 heteroatoms. The van der Waals surface area contributed by atoms with Crippen molar-refractivity contribution in [3.8, 4) is 0 Å². The van der Waals surface area contributed by atoms with Crippen molar-refractivity contribution in [2.45, 2.75) is 38.1 Å². The molecule has 1 heterocycles. The van der Waals surface area contributed by atoms with Gasteiger partial charge in [-0.3, -0.25) is 4.79 Å². The molecule has 7 nitrogen and oxygen atoms in total. The minimum Gasteiger partial charge on any atom is -0.455 e. The van der Waals surface area contributed by atoms with E-state index >= 15 is 0 Å². The van der Waals surface area contributed by atoms with Crippen LogP contribution in [-0.2, 0) is 10.0 Å². The quantitative estimate of drug-likeness (QED) is 0.793. The zero-order valence-corrected chi connectivity index (χ0v) is 14.8. The monoisotopic (exact) mass is 353 g/mol. The van der Waals surface area contributed by atoms with E-state index in [2.05, 4.69) is 0 Å². The van der Waals surface area contributed by atoms with Crippen LogP contribution in [0.25, 0.3) is 0 Å². The van der Waals surface area contributed by atoms with E-state index in [0.717, 1.165) is 6.07 Å². The molecule has 0 aliphatic carbocycles. The van der Waals surface area contributed by atoms with Crippen molar-refractivity contribution < 1.29 is 17.6 Å². The molecule has 0 aliphatic heterocycles. The number of nitrogens with zero attached hydrogens (tertiary/aromatic N) is 1. The fourth-order valence-corrected chi connectivity index (χ4v) is 2.53. The molecule has 0 saturated heterocycles. The standard InChI is InChI=1S/C13H23N3O4S.ClH/c1-8(2)10(14)5-6-16(4)13(17)11-7-12(9(3)20-11)21(15,18)19;/h7-8,10H,5-6,14H2,1-4H3,(H2,15,18,19);1H. The third-order valence-electron chi connectivity index (χ3n) is 3.39. The van der Waals surface area contributed by atoms with E-state index in [1.807, 2.05) is 13.8 Å². The summed E-state index contributed by atoms with van der Waals surface area (Å²) in [6.07, 6.45) is 0.654. The Bertz CT molecular complexity index is 613. The number of hydrogen-bond acceptors (Lipinski definition) is 5. The Morgan fingerprint density at radius 2 is 1.95 bits per heavy atom. The summed E-state index contributed by atoms with van der Waals surface area (Å²) in [5.41, 5.74) is 5.93. The van der Waals surface area contributed by atoms with Crippen LogP contribution in [0.4, 0.5) is 0 Å². The maximum absolute atomic E-state index is 12.2. The number of aryl methyl sites for hydroxylation is 1. The van der Waals surface area contributed by atoms with Gasteiger partial charge in [-0.15, -0.1) is 12.4 Å². The molecule has 1 aromatic heterocycles. The normalized spacial score (nSPS) is 12.9. The lowest BCUT2D eigenvalue weighted by Crippen LogP contribution is -2.34. The number of amides is 1. The third kappa shape index (κ3) is 5.28. The van der Waals surface area contributed by atoms with Gasteiger partial charge < -0.3 is 15.1 Å². The molecule has 1 aromatic rings. The van der Waals surface area contributed by atoms with E-state index in [4.69, 9.17) is 15.3 Å². The Hall–Kier alpha value is -1.09. The van der Waals surface area contributed by atoms with Gasteiger partial charge in [-0.1, -0.05) is 13.8 Å². The van der Waals surface area contributed by atoms with E-state index in [1.54, 1.807) is 7.05 Å². The zero-order chi connectivity index (χ0) is 16.4. The van der Waals surface area contributed by atoms with Crippen LogP contribution in [0.5, 0.6) is 0 Å². The van der Waals surface area contributed by atoms with Crippen molar-refractivity contribution in [2.75, 3.05) is 13.6 Å². The predicted octanol–water partition coefficient (Wildman–Crippen LogP) is 1.10. The van der Waals surface area contributed by atoms with Crippen LogP contribution in [0.1, 0.15) is 36.6 Å². The smallest absolute Gasteiger partial charge is 0.289 e. The maximum atomic E-state index is 12.2. The zero-order valence-electron chi connectivity index (χ0n) is 13.2. The van der Waals surface area contributed by atoms with E-state index in [-0.39, 0.29) is 34.9 Å². The molecule has 1 amide bonds. The predicted molar refractivity (Wildman–Crippen MR) is 86.5 cm³/mol. The average Bonchev–Trinajstić information content (AvgIpc) is 2.76. The van der Waals surface area contributed by atoms with Crippen molar-refractivity contribution in [1.29, 1.82) is 0 Å². The van der Waals surface area contributed by atoms with Gasteiger partial charge in [0.1, 0.15) is 10.7 Å². The lowest BCUT2D eigenvalue weighted by atomic mass is 10.0. The van der Waals surface area contributed by atoms with Crippen LogP contribution in [0.15, 0.2) is 15.4 Å². The fourth-order valence-electron chi connectivity index (χ4n) is 1.82. The highest BCUT2D eigenvalue weighted by molar-refractivity contribution is 7.89. The van der Waals surface area contributed by atoms with Gasteiger partial charge >= 0.3 is 0 Å². The molecule has 0 bridgehead atoms. The molecule has 0 radical (unpaired) electrons. The molecule has 0 saturated carbocycles. The molecule has 4 N–H and O–H groups in total. The molecule has 1 atom stereocenters. The summed E-state index contributed by atoms with van der Waals surface area (Å²) in [5, 5.41) is 5.05. The van der Waals surface area contributed by atoms with E-state index in [1.165, 1.54) is 11.8 Å². The number of furan rings is 1. The van der Waals surface area contributed by atoms with Gasteiger partial charge in [0.15, 0.2) is 5.76 Å². The molecular formula is C13H24ClN3O4S. The number of primary sulfonamides is 1. The fraction of sp³-hybridized carbons (Fsp3) is 0.615. The lowest BCUT2D eigenvalue weighted by molar-refractivity contribution is 0.0756. The molecule has 0 aromatic carbocycles. The van der Waals surface area contributed by atoms with Crippen molar-refractivity contribution in [2.24, 2.45) is 16.8 Å². The molecule has 1 rings (SSSR count). The molecule has 0 spiro atoms. The van der Waals surface area contributed by atoms with Gasteiger partial charge in [0.25, 0.3) is 5.91 Å². The van der Waals surface area contributed by atoms with Crippen LogP contribution in [-0.4, -0.2) is 38.9 Å². The molecule has 22 heavy (non-hydrogen) atoms. The number of carbonyl (C=O) groups excluding carboxylic acids is 1. The molecule has 0 fully saturated rings. The van der Waals surface area contributed by atoms with Gasteiger partial charge in [0, 0.05) is 25.7 Å². The summed E-state index contributed by atoms with van der Waals surface area (Å²) in [5.74, 6) is -0.0115. The second kappa shape index (κ2) is 7.96. The largest absolute Gasteiger partial charge is 0.455 e. The number of halogens is 1. The highest BCUT2D eigenvalue weighted by atomic mass is 35.5. The van der Waals surface area contributed by atoms with Gasteiger partial charge in [-0.2, -0.15) is 0 Å². The Balaban J connectivity index is 0.00000441. The summed E-state index contributed by atoms with van der Waals surface area (Å²) < 4.78 is 27.8. The third-order valence-corrected chi connectivity index (χ3v) is 4.41. The Morgan fingerprint density at radius 1 is 1.41 bits per heavy atom. The highest BCUT2D eigenvalue weighted by Gasteiger charge is 2.23. The Kier molecular flexibility index (Phi) is 7.56. The number of nitrogens with two attached hydrogens (primary N) is 2. The SMILES string of the molecule is Cc1oc(C(=O)N(C)CCC(N)C(C)C)cc1S(N)(=O)=O.Cl. The average molecular weight is 354 g/mol. The first-order valence-electron chi connectivity index (χ1n) is 6.68. The summed E-state index contributed by atoms with van der Waals surface area (Å²) in [6.45, 7) is 5.94. The second-order valence-electron chi connectivity index (χ2n) is 5.50. The first-order valence-corrected chi connectivity index (χ1v) is 8.23. The summed E-state index contributed by atoms with van der Waals surface area (Å²) in [6, 6.07) is 1.16. The highest BCUT2D eigenvalue weighted by Crippen LogP contribution is 2.19. The van der Waals surface area contributed by atoms with Crippen molar-refractivity contribution in [3.05, 3.63) is 17.6 Å². The van der Waals surface area contributed by atoms with Crippen LogP contribution < -0.4 is 10.9 Å². The number of rotatable bonds is 6. The number of carbonyl (C=O) groups is 1. The van der Waals surface area contributed by atoms with Crippen LogP contribution in [0, 0.1) is 12.8 Å². The van der Waals surface area contributed by atoms with Crippen LogP contribution >= 0.6 is 12.4 Å². The van der Waals surface area contributed by atoms with Crippen LogP contribution in [0.2, 0.25) is 0 Å². The van der Waals surface area contributed by atoms with Gasteiger partial charge in [0.05, 0.1) is 0 Å². The van der Waals surface area contributed by atoms with Gasteiger partial charge in [-0.05, 0) is 19.3 Å². The van der Waals surface area contributed by atoms with Gasteiger partial charge in [-0.25, -0.2) is 13.6 Å². The number of sulfonamides is 1. The van der Waals surface area contributed by atoms with Crippen LogP contribution in [0.3, 0.4) is 0 Å². The van der Waals surface area contributed by atoms with Gasteiger partial charge in [0.2, 0.25) is 10.0 Å². The van der Waals surface area contributed by atoms with Crippen molar-refractivity contribution >= 4 is 28.3 Å². The maximum Gasteiger partial charge on any atom is 0.289 e. The first-order chi connectivity index (χ1) is 9.54. The topological polar surface area (TPSA) is 120 Å². The van der Waals surface area contributed by atoms with Crippen molar-refractivity contribution in [3.63, 3.8) is 0 Å². The summed E-state index contributed by atoms with van der Waals surface area (Å²) in [7, 11) is -2.28. The summed E-state index contributed by atoms with van der Waals surface area (Å²) >= 11 is 0. The van der Waals surface area contributed by atoms with E-state index in [0.29, 0.717) is 18.9 Å². The molecule has 1 unspecified atom stereocenters.